The summed E-state index contributed by atoms with van der Waals surface area (Å²) in [5, 5.41) is 2.76. The van der Waals surface area contributed by atoms with E-state index in [1.165, 1.54) is 0 Å². The van der Waals surface area contributed by atoms with Crippen LogP contribution in [-0.4, -0.2) is 18.5 Å². The molecule has 0 atom stereocenters. The van der Waals surface area contributed by atoms with Crippen molar-refractivity contribution in [2.45, 2.75) is 13.8 Å². The Morgan fingerprint density at radius 3 is 2.19 bits per heavy atom. The van der Waals surface area contributed by atoms with Gasteiger partial charge in [0, 0.05) is 5.69 Å². The molecular weight excluding hydrogens is 338 g/mol. The number of carbonyl (C=O) groups excluding carboxylic acids is 2. The summed E-state index contributed by atoms with van der Waals surface area (Å²) in [6.07, 6.45) is 0. The minimum absolute atomic E-state index is 0.338. The van der Waals surface area contributed by atoms with Crippen molar-refractivity contribution in [1.29, 1.82) is 0 Å². The van der Waals surface area contributed by atoms with E-state index >= 15 is 0 Å². The molecule has 0 fully saturated rings. The number of ether oxygens (including phenoxy) is 1. The lowest BCUT2D eigenvalue weighted by atomic mass is 10.00. The fourth-order valence-electron chi connectivity index (χ4n) is 2.98. The smallest absolute Gasteiger partial charge is 0.339 e. The van der Waals surface area contributed by atoms with E-state index < -0.39 is 5.97 Å². The van der Waals surface area contributed by atoms with Crippen LogP contribution in [-0.2, 0) is 9.53 Å². The van der Waals surface area contributed by atoms with Gasteiger partial charge >= 0.3 is 5.97 Å². The number of amides is 1. The number of anilines is 1. The number of esters is 1. The van der Waals surface area contributed by atoms with Gasteiger partial charge in [0.05, 0.1) is 5.56 Å². The van der Waals surface area contributed by atoms with Gasteiger partial charge in [0.1, 0.15) is 0 Å². The summed E-state index contributed by atoms with van der Waals surface area (Å²) in [5.74, 6) is -0.893. The van der Waals surface area contributed by atoms with Gasteiger partial charge in [0.25, 0.3) is 5.91 Å². The molecule has 1 amide bonds. The van der Waals surface area contributed by atoms with E-state index in [2.05, 4.69) is 5.32 Å². The second-order valence-electron chi connectivity index (χ2n) is 6.41. The van der Waals surface area contributed by atoms with E-state index in [-0.39, 0.29) is 12.5 Å². The Morgan fingerprint density at radius 1 is 0.852 bits per heavy atom. The highest BCUT2D eigenvalue weighted by molar-refractivity contribution is 5.99. The summed E-state index contributed by atoms with van der Waals surface area (Å²) in [6.45, 7) is 3.58. The molecule has 1 N–H and O–H groups in total. The molecule has 3 aromatic rings. The molecule has 0 aliphatic carbocycles. The predicted molar refractivity (Wildman–Crippen MR) is 107 cm³/mol. The average molecular weight is 359 g/mol. The van der Waals surface area contributed by atoms with Crippen LogP contribution in [0.4, 0.5) is 5.69 Å². The number of hydrogen-bond acceptors (Lipinski definition) is 3. The van der Waals surface area contributed by atoms with Gasteiger partial charge in [-0.25, -0.2) is 4.79 Å². The van der Waals surface area contributed by atoms with Gasteiger partial charge in [-0.2, -0.15) is 0 Å². The topological polar surface area (TPSA) is 55.4 Å². The third-order valence-corrected chi connectivity index (χ3v) is 4.07. The van der Waals surface area contributed by atoms with Crippen LogP contribution in [0.15, 0.2) is 72.8 Å². The van der Waals surface area contributed by atoms with Gasteiger partial charge in [-0.05, 0) is 54.3 Å². The second-order valence-corrected chi connectivity index (χ2v) is 6.41. The van der Waals surface area contributed by atoms with E-state index in [0.29, 0.717) is 11.3 Å². The molecule has 0 unspecified atom stereocenters. The second kappa shape index (κ2) is 8.32. The van der Waals surface area contributed by atoms with Crippen LogP contribution in [0.3, 0.4) is 0 Å². The summed E-state index contributed by atoms with van der Waals surface area (Å²) in [4.78, 5) is 24.6. The molecular formula is C23H21NO3. The average Bonchev–Trinajstić information content (AvgIpc) is 2.66. The number of rotatable bonds is 5. The van der Waals surface area contributed by atoms with E-state index in [4.69, 9.17) is 4.74 Å². The van der Waals surface area contributed by atoms with Crippen LogP contribution in [0.2, 0.25) is 0 Å². The molecule has 4 nitrogen and oxygen atoms in total. The number of carbonyl (C=O) groups is 2. The first-order valence-corrected chi connectivity index (χ1v) is 8.72. The largest absolute Gasteiger partial charge is 0.452 e. The fourth-order valence-corrected chi connectivity index (χ4v) is 2.98. The Kier molecular flexibility index (Phi) is 5.67. The Balaban J connectivity index is 1.67. The minimum atomic E-state index is -0.523. The molecule has 136 valence electrons. The van der Waals surface area contributed by atoms with Gasteiger partial charge in [-0.1, -0.05) is 54.6 Å². The highest BCUT2D eigenvalue weighted by atomic mass is 16.5. The van der Waals surface area contributed by atoms with Gasteiger partial charge in [-0.15, -0.1) is 0 Å². The lowest BCUT2D eigenvalue weighted by molar-refractivity contribution is -0.119. The van der Waals surface area contributed by atoms with E-state index in [0.717, 1.165) is 22.3 Å². The first kappa shape index (κ1) is 18.4. The third-order valence-electron chi connectivity index (χ3n) is 4.07. The van der Waals surface area contributed by atoms with Crippen molar-refractivity contribution < 1.29 is 14.3 Å². The number of hydrogen-bond donors (Lipinski definition) is 1. The maximum atomic E-state index is 12.5. The van der Waals surface area contributed by atoms with Crippen molar-refractivity contribution in [3.63, 3.8) is 0 Å². The van der Waals surface area contributed by atoms with Crippen molar-refractivity contribution in [3.8, 4) is 11.1 Å². The Morgan fingerprint density at radius 2 is 1.48 bits per heavy atom. The van der Waals surface area contributed by atoms with Crippen molar-refractivity contribution in [3.05, 3.63) is 89.5 Å². The van der Waals surface area contributed by atoms with Crippen LogP contribution >= 0.6 is 0 Å². The molecule has 0 aromatic heterocycles. The molecule has 0 radical (unpaired) electrons. The van der Waals surface area contributed by atoms with E-state index in [9.17, 15) is 9.59 Å². The number of benzene rings is 3. The van der Waals surface area contributed by atoms with Crippen molar-refractivity contribution in [1.82, 2.24) is 0 Å². The Hall–Kier alpha value is -3.40. The van der Waals surface area contributed by atoms with Gasteiger partial charge in [-0.3, -0.25) is 4.79 Å². The first-order chi connectivity index (χ1) is 13.0. The molecule has 0 aliphatic rings. The van der Waals surface area contributed by atoms with Crippen molar-refractivity contribution in [2.24, 2.45) is 0 Å². The first-order valence-electron chi connectivity index (χ1n) is 8.72. The van der Waals surface area contributed by atoms with Crippen LogP contribution in [0, 0.1) is 13.8 Å². The SMILES string of the molecule is Cc1cc(C)cc(NC(=O)COC(=O)c2ccccc2-c2ccccc2)c1. The summed E-state index contributed by atoms with van der Waals surface area (Å²) in [7, 11) is 0. The molecule has 0 spiro atoms. The molecule has 3 aromatic carbocycles. The highest BCUT2D eigenvalue weighted by Gasteiger charge is 2.15. The lowest BCUT2D eigenvalue weighted by Crippen LogP contribution is -2.21. The molecule has 0 saturated heterocycles. The summed E-state index contributed by atoms with van der Waals surface area (Å²) in [6, 6.07) is 22.6. The van der Waals surface area contributed by atoms with Crippen LogP contribution < -0.4 is 5.32 Å². The maximum absolute atomic E-state index is 12.5. The van der Waals surface area contributed by atoms with Crippen LogP contribution in [0.1, 0.15) is 21.5 Å². The lowest BCUT2D eigenvalue weighted by Gasteiger charge is -2.11. The molecule has 27 heavy (non-hydrogen) atoms. The fraction of sp³-hybridized carbons (Fsp3) is 0.130. The minimum Gasteiger partial charge on any atom is -0.452 e. The monoisotopic (exact) mass is 359 g/mol. The summed E-state index contributed by atoms with van der Waals surface area (Å²) in [5.41, 5.74) is 4.93. The van der Waals surface area contributed by atoms with Gasteiger partial charge in [0.2, 0.25) is 0 Å². The van der Waals surface area contributed by atoms with Gasteiger partial charge < -0.3 is 10.1 Å². The molecule has 0 saturated carbocycles. The normalized spacial score (nSPS) is 10.3. The molecule has 4 heteroatoms. The predicted octanol–water partition coefficient (Wildman–Crippen LogP) is 4.77. The van der Waals surface area contributed by atoms with E-state index in [1.807, 2.05) is 74.5 Å². The number of nitrogens with one attached hydrogen (secondary N) is 1. The molecule has 0 aliphatic heterocycles. The zero-order valence-corrected chi connectivity index (χ0v) is 15.4. The zero-order chi connectivity index (χ0) is 19.2. The van der Waals surface area contributed by atoms with Crippen molar-refractivity contribution in [2.75, 3.05) is 11.9 Å². The molecule has 3 rings (SSSR count). The number of aryl methyl sites for hydroxylation is 2. The van der Waals surface area contributed by atoms with Gasteiger partial charge in [0.15, 0.2) is 6.61 Å². The van der Waals surface area contributed by atoms with Crippen LogP contribution in [0.25, 0.3) is 11.1 Å². The molecule has 0 bridgehead atoms. The third kappa shape index (κ3) is 4.82. The molecule has 0 heterocycles. The maximum Gasteiger partial charge on any atom is 0.339 e. The van der Waals surface area contributed by atoms with Crippen molar-refractivity contribution >= 4 is 17.6 Å². The summed E-state index contributed by atoms with van der Waals surface area (Å²) >= 11 is 0. The van der Waals surface area contributed by atoms with Crippen LogP contribution in [0.5, 0.6) is 0 Å². The highest BCUT2D eigenvalue weighted by Crippen LogP contribution is 2.24. The quantitative estimate of drug-likeness (QED) is 0.668. The standard InChI is InChI=1S/C23H21NO3/c1-16-12-17(2)14-19(13-16)24-22(25)15-27-23(26)21-11-7-6-10-20(21)18-8-4-3-5-9-18/h3-14H,15H2,1-2H3,(H,24,25). The Labute approximate surface area is 158 Å². The summed E-state index contributed by atoms with van der Waals surface area (Å²) < 4.78 is 5.23. The zero-order valence-electron chi connectivity index (χ0n) is 15.4. The Bertz CT molecular complexity index is 944. The van der Waals surface area contributed by atoms with E-state index in [1.54, 1.807) is 12.1 Å².